The maximum atomic E-state index is 14.6. The predicted octanol–water partition coefficient (Wildman–Crippen LogP) is 3.33. The third-order valence-electron chi connectivity index (χ3n) is 7.53. The van der Waals surface area contributed by atoms with E-state index in [0.717, 1.165) is 0 Å². The molecule has 5 rings (SSSR count). The Morgan fingerprint density at radius 1 is 1.05 bits per heavy atom. The van der Waals surface area contributed by atoms with Crippen LogP contribution in [0.2, 0.25) is 5.02 Å². The van der Waals surface area contributed by atoms with E-state index in [1.807, 2.05) is 0 Å². The van der Waals surface area contributed by atoms with Crippen LogP contribution in [0.5, 0.6) is 5.75 Å². The number of methoxy groups -OCH3 is 1. The average Bonchev–Trinajstić information content (AvgIpc) is 3.33. The van der Waals surface area contributed by atoms with Gasteiger partial charge in [-0.3, -0.25) is 14.4 Å². The zero-order valence-corrected chi connectivity index (χ0v) is 23.1. The standard InChI is InChI=1S/C28H28ClF2N5O5/c1-34-21(19-5-6-22(41-2)24(31)23(19)30)14-32-25(34)26(38)33-16-3-4-18(20(29)13-16)28(40)36-9-7-35(8-10-36)27(39)15-11-17(37)12-15/h3-6,13-15,17,37H,7-12H2,1-2H3,(H,33,38). The fourth-order valence-corrected chi connectivity index (χ4v) is 5.32. The Balaban J connectivity index is 1.23. The monoisotopic (exact) mass is 587 g/mol. The summed E-state index contributed by atoms with van der Waals surface area (Å²) in [5.74, 6) is -3.62. The van der Waals surface area contributed by atoms with Gasteiger partial charge < -0.3 is 29.5 Å². The van der Waals surface area contributed by atoms with Gasteiger partial charge >= 0.3 is 0 Å². The molecule has 13 heteroatoms. The number of carbonyl (C=O) groups excluding carboxylic acids is 3. The second-order valence-electron chi connectivity index (χ2n) is 10.1. The molecule has 10 nitrogen and oxygen atoms in total. The van der Waals surface area contributed by atoms with Gasteiger partial charge in [-0.25, -0.2) is 9.37 Å². The highest BCUT2D eigenvalue weighted by Crippen LogP contribution is 2.31. The molecule has 1 saturated heterocycles. The summed E-state index contributed by atoms with van der Waals surface area (Å²) >= 11 is 6.41. The van der Waals surface area contributed by atoms with Crippen molar-refractivity contribution in [2.45, 2.75) is 18.9 Å². The van der Waals surface area contributed by atoms with Crippen LogP contribution in [-0.2, 0) is 11.8 Å². The van der Waals surface area contributed by atoms with Gasteiger partial charge in [0, 0.05) is 50.4 Å². The minimum absolute atomic E-state index is 0.0154. The number of halogens is 3. The Labute approximate surface area is 239 Å². The third kappa shape index (κ3) is 5.49. The van der Waals surface area contributed by atoms with E-state index >= 15 is 0 Å². The van der Waals surface area contributed by atoms with E-state index in [1.54, 1.807) is 9.80 Å². The van der Waals surface area contributed by atoms with Gasteiger partial charge in [0.05, 0.1) is 35.7 Å². The van der Waals surface area contributed by atoms with Crippen molar-refractivity contribution in [2.75, 3.05) is 38.6 Å². The van der Waals surface area contributed by atoms with Crippen molar-refractivity contribution in [1.82, 2.24) is 19.4 Å². The zero-order chi connectivity index (χ0) is 29.4. The normalized spacial score (nSPS) is 18.6. The first kappa shape index (κ1) is 28.5. The lowest BCUT2D eigenvalue weighted by molar-refractivity contribution is -0.143. The fourth-order valence-electron chi connectivity index (χ4n) is 5.06. The Hall–Kier alpha value is -4.03. The molecule has 3 amide bonds. The summed E-state index contributed by atoms with van der Waals surface area (Å²) in [4.78, 5) is 46.0. The average molecular weight is 588 g/mol. The van der Waals surface area contributed by atoms with E-state index in [1.165, 1.54) is 55.3 Å². The molecule has 216 valence electrons. The van der Waals surface area contributed by atoms with Crippen LogP contribution >= 0.6 is 11.6 Å². The molecule has 1 aliphatic heterocycles. The largest absolute Gasteiger partial charge is 0.494 e. The van der Waals surface area contributed by atoms with Crippen LogP contribution in [0.25, 0.3) is 11.3 Å². The number of aliphatic hydroxyl groups is 1. The van der Waals surface area contributed by atoms with Gasteiger partial charge in [0.2, 0.25) is 11.7 Å². The van der Waals surface area contributed by atoms with Gasteiger partial charge in [-0.2, -0.15) is 4.39 Å². The number of piperazine rings is 1. The highest BCUT2D eigenvalue weighted by molar-refractivity contribution is 6.34. The van der Waals surface area contributed by atoms with Crippen LogP contribution in [-0.4, -0.2) is 81.6 Å². The van der Waals surface area contributed by atoms with Crippen molar-refractivity contribution in [2.24, 2.45) is 13.0 Å². The Morgan fingerprint density at radius 2 is 1.73 bits per heavy atom. The number of nitrogens with zero attached hydrogens (tertiary/aromatic N) is 4. The van der Waals surface area contributed by atoms with Crippen LogP contribution in [0, 0.1) is 17.6 Å². The minimum atomic E-state index is -1.15. The topological polar surface area (TPSA) is 117 Å². The number of nitrogens with one attached hydrogen (secondary N) is 1. The second-order valence-corrected chi connectivity index (χ2v) is 10.5. The van der Waals surface area contributed by atoms with Crippen molar-refractivity contribution in [3.63, 3.8) is 0 Å². The quantitative estimate of drug-likeness (QED) is 0.457. The molecule has 2 aliphatic rings. The van der Waals surface area contributed by atoms with Crippen LogP contribution in [0.1, 0.15) is 33.8 Å². The maximum absolute atomic E-state index is 14.6. The summed E-state index contributed by atoms with van der Waals surface area (Å²) in [5, 5.41) is 12.2. The Morgan fingerprint density at radius 3 is 2.37 bits per heavy atom. The van der Waals surface area contributed by atoms with Crippen LogP contribution < -0.4 is 10.1 Å². The number of hydrogen-bond donors (Lipinski definition) is 2. The van der Waals surface area contributed by atoms with Gasteiger partial charge in [0.15, 0.2) is 17.4 Å². The number of carbonyl (C=O) groups is 3. The Kier molecular flexibility index (Phi) is 7.96. The molecule has 0 radical (unpaired) electrons. The lowest BCUT2D eigenvalue weighted by Gasteiger charge is -2.39. The molecular weight excluding hydrogens is 560 g/mol. The number of hydrogen-bond acceptors (Lipinski definition) is 6. The number of aliphatic hydroxyl groups excluding tert-OH is 1. The van der Waals surface area contributed by atoms with Gasteiger partial charge in [0.1, 0.15) is 0 Å². The lowest BCUT2D eigenvalue weighted by Crippen LogP contribution is -2.53. The molecule has 3 aromatic rings. The van der Waals surface area contributed by atoms with Crippen molar-refractivity contribution in [1.29, 1.82) is 0 Å². The summed E-state index contributed by atoms with van der Waals surface area (Å²) in [5.41, 5.74) is 0.652. The molecule has 2 heterocycles. The van der Waals surface area contributed by atoms with Gasteiger partial charge in [0.25, 0.3) is 11.8 Å². The molecule has 1 saturated carbocycles. The fraction of sp³-hybridized carbons (Fsp3) is 0.357. The summed E-state index contributed by atoms with van der Waals surface area (Å²) in [6, 6.07) is 7.10. The van der Waals surface area contributed by atoms with Crippen LogP contribution in [0.15, 0.2) is 36.5 Å². The molecule has 0 spiro atoms. The van der Waals surface area contributed by atoms with Crippen LogP contribution in [0.4, 0.5) is 14.5 Å². The molecule has 2 fully saturated rings. The summed E-state index contributed by atoms with van der Waals surface area (Å²) < 4.78 is 34.9. The highest BCUT2D eigenvalue weighted by Gasteiger charge is 2.37. The second kappa shape index (κ2) is 11.5. The third-order valence-corrected chi connectivity index (χ3v) is 7.85. The molecular formula is C28H28ClF2N5O5. The van der Waals surface area contributed by atoms with Gasteiger partial charge in [-0.1, -0.05) is 11.6 Å². The zero-order valence-electron chi connectivity index (χ0n) is 22.4. The molecule has 0 atom stereocenters. The molecule has 41 heavy (non-hydrogen) atoms. The number of aromatic nitrogens is 2. The van der Waals surface area contributed by atoms with E-state index in [0.29, 0.717) is 44.7 Å². The number of rotatable bonds is 6. The predicted molar refractivity (Wildman–Crippen MR) is 146 cm³/mol. The number of imidazole rings is 1. The summed E-state index contributed by atoms with van der Waals surface area (Å²) in [7, 11) is 2.73. The van der Waals surface area contributed by atoms with E-state index in [4.69, 9.17) is 16.3 Å². The van der Waals surface area contributed by atoms with Gasteiger partial charge in [-0.15, -0.1) is 0 Å². The molecule has 0 unspecified atom stereocenters. The van der Waals surface area contributed by atoms with E-state index in [-0.39, 0.29) is 51.1 Å². The van der Waals surface area contributed by atoms with E-state index in [2.05, 4.69) is 10.3 Å². The molecule has 1 aromatic heterocycles. The SMILES string of the molecule is COc1ccc(-c2cnc(C(=O)Nc3ccc(C(=O)N4CCN(C(=O)C5CC(O)C5)CC4)c(Cl)c3)n2C)c(F)c1F. The van der Waals surface area contributed by atoms with E-state index < -0.39 is 23.6 Å². The van der Waals surface area contributed by atoms with Crippen molar-refractivity contribution < 1.29 is 33.0 Å². The molecule has 0 bridgehead atoms. The van der Waals surface area contributed by atoms with Crippen molar-refractivity contribution in [3.05, 3.63) is 64.6 Å². The number of benzene rings is 2. The van der Waals surface area contributed by atoms with Crippen molar-refractivity contribution >= 4 is 35.0 Å². The molecule has 1 aliphatic carbocycles. The molecule has 2 aromatic carbocycles. The maximum Gasteiger partial charge on any atom is 0.291 e. The van der Waals surface area contributed by atoms with E-state index in [9.17, 15) is 28.3 Å². The van der Waals surface area contributed by atoms with Crippen molar-refractivity contribution in [3.8, 4) is 17.0 Å². The summed E-state index contributed by atoms with van der Waals surface area (Å²) in [6.45, 7) is 1.52. The number of anilines is 1. The molecule has 2 N–H and O–H groups in total. The smallest absolute Gasteiger partial charge is 0.291 e. The van der Waals surface area contributed by atoms with Gasteiger partial charge in [-0.05, 0) is 43.2 Å². The first-order chi connectivity index (χ1) is 19.6. The highest BCUT2D eigenvalue weighted by atomic mass is 35.5. The first-order valence-corrected chi connectivity index (χ1v) is 13.4. The van der Waals surface area contributed by atoms with Crippen LogP contribution in [0.3, 0.4) is 0 Å². The number of ether oxygens (including phenoxy) is 1. The lowest BCUT2D eigenvalue weighted by atomic mass is 9.81. The number of amides is 3. The minimum Gasteiger partial charge on any atom is -0.494 e. The summed E-state index contributed by atoms with van der Waals surface area (Å²) in [6.07, 6.45) is 1.83. The Bertz CT molecular complexity index is 1520. The first-order valence-electron chi connectivity index (χ1n) is 13.0.